The first-order chi connectivity index (χ1) is 8.96. The van der Waals surface area contributed by atoms with E-state index in [1.54, 1.807) is 0 Å². The van der Waals surface area contributed by atoms with Gasteiger partial charge in [-0.1, -0.05) is 44.2 Å². The minimum atomic E-state index is -0.759. The molecule has 0 unspecified atom stereocenters. The quantitative estimate of drug-likeness (QED) is 0.857. The molecule has 0 heterocycles. The predicted octanol–water partition coefficient (Wildman–Crippen LogP) is 3.75. The van der Waals surface area contributed by atoms with E-state index in [4.69, 9.17) is 5.11 Å². The highest BCUT2D eigenvalue weighted by Gasteiger charge is 2.21. The van der Waals surface area contributed by atoms with Crippen LogP contribution in [0.3, 0.4) is 0 Å². The molecule has 2 N–H and O–H groups in total. The third-order valence-electron chi connectivity index (χ3n) is 3.15. The molecular formula is C16H19NO2. The molecule has 0 bridgehead atoms. The van der Waals surface area contributed by atoms with Crippen LogP contribution in [0.1, 0.15) is 20.3 Å². The van der Waals surface area contributed by atoms with Crippen molar-refractivity contribution in [1.29, 1.82) is 0 Å². The van der Waals surface area contributed by atoms with Gasteiger partial charge in [-0.2, -0.15) is 0 Å². The Morgan fingerprint density at radius 2 is 1.84 bits per heavy atom. The summed E-state index contributed by atoms with van der Waals surface area (Å²) in [5.74, 6) is -0.759. The van der Waals surface area contributed by atoms with Gasteiger partial charge < -0.3 is 10.4 Å². The van der Waals surface area contributed by atoms with Crippen LogP contribution in [0.4, 0.5) is 5.69 Å². The fourth-order valence-corrected chi connectivity index (χ4v) is 2.11. The summed E-state index contributed by atoms with van der Waals surface area (Å²) < 4.78 is 0. The summed E-state index contributed by atoms with van der Waals surface area (Å²) in [6, 6.07) is 14.4. The molecule has 0 saturated carbocycles. The molecule has 0 radical (unpaired) electrons. The van der Waals surface area contributed by atoms with Gasteiger partial charge in [0.25, 0.3) is 0 Å². The van der Waals surface area contributed by atoms with E-state index in [9.17, 15) is 4.79 Å². The first kappa shape index (κ1) is 13.4. The van der Waals surface area contributed by atoms with Gasteiger partial charge in [0, 0.05) is 12.2 Å². The van der Waals surface area contributed by atoms with E-state index in [-0.39, 0.29) is 11.8 Å². The number of aliphatic carboxylic acids is 1. The van der Waals surface area contributed by atoms with Crippen LogP contribution in [0.15, 0.2) is 42.5 Å². The molecule has 0 atom stereocenters. The van der Waals surface area contributed by atoms with E-state index in [1.165, 1.54) is 10.8 Å². The summed E-state index contributed by atoms with van der Waals surface area (Å²) in [7, 11) is 0. The Hall–Kier alpha value is -2.03. The Kier molecular flexibility index (Phi) is 3.74. The number of hydrogen-bond donors (Lipinski definition) is 2. The number of carboxylic acids is 1. The molecule has 3 heteroatoms. The van der Waals surface area contributed by atoms with Gasteiger partial charge >= 0.3 is 5.97 Å². The number of nitrogens with one attached hydrogen (secondary N) is 1. The summed E-state index contributed by atoms with van der Waals surface area (Å²) in [4.78, 5) is 10.8. The normalized spacial score (nSPS) is 11.5. The van der Waals surface area contributed by atoms with Crippen LogP contribution < -0.4 is 5.32 Å². The molecule has 3 nitrogen and oxygen atoms in total. The lowest BCUT2D eigenvalue weighted by atomic mass is 9.89. The Morgan fingerprint density at radius 1 is 1.16 bits per heavy atom. The van der Waals surface area contributed by atoms with E-state index >= 15 is 0 Å². The van der Waals surface area contributed by atoms with Crippen molar-refractivity contribution in [2.45, 2.75) is 20.3 Å². The van der Waals surface area contributed by atoms with Gasteiger partial charge in [-0.25, -0.2) is 0 Å². The van der Waals surface area contributed by atoms with Gasteiger partial charge in [0.05, 0.1) is 6.42 Å². The van der Waals surface area contributed by atoms with Crippen molar-refractivity contribution in [3.8, 4) is 0 Å². The van der Waals surface area contributed by atoms with E-state index in [2.05, 4.69) is 29.6 Å². The lowest BCUT2D eigenvalue weighted by Gasteiger charge is -2.23. The molecule has 0 aromatic heterocycles. The topological polar surface area (TPSA) is 49.3 Å². The first-order valence-electron chi connectivity index (χ1n) is 6.41. The maximum atomic E-state index is 10.8. The van der Waals surface area contributed by atoms with E-state index in [0.717, 1.165) is 5.69 Å². The van der Waals surface area contributed by atoms with Crippen molar-refractivity contribution in [2.75, 3.05) is 11.9 Å². The van der Waals surface area contributed by atoms with Crippen LogP contribution in [0.2, 0.25) is 0 Å². The lowest BCUT2D eigenvalue weighted by Crippen LogP contribution is -2.26. The van der Waals surface area contributed by atoms with Crippen LogP contribution in [-0.2, 0) is 4.79 Å². The fraction of sp³-hybridized carbons (Fsp3) is 0.312. The highest BCUT2D eigenvalue weighted by Crippen LogP contribution is 2.23. The lowest BCUT2D eigenvalue weighted by molar-refractivity contribution is -0.139. The zero-order valence-electron chi connectivity index (χ0n) is 11.3. The summed E-state index contributed by atoms with van der Waals surface area (Å²) >= 11 is 0. The van der Waals surface area contributed by atoms with Gasteiger partial charge in [-0.3, -0.25) is 4.79 Å². The summed E-state index contributed by atoms with van der Waals surface area (Å²) in [6.07, 6.45) is 0.160. The number of benzene rings is 2. The highest BCUT2D eigenvalue weighted by molar-refractivity contribution is 5.85. The van der Waals surface area contributed by atoms with Crippen LogP contribution in [0.5, 0.6) is 0 Å². The Bertz CT molecular complexity index is 590. The maximum absolute atomic E-state index is 10.8. The molecule has 2 aromatic rings. The monoisotopic (exact) mass is 257 g/mol. The molecule has 0 amide bonds. The number of fused-ring (bicyclic) bond motifs is 1. The smallest absolute Gasteiger partial charge is 0.303 e. The zero-order chi connectivity index (χ0) is 13.9. The second-order valence-corrected chi connectivity index (χ2v) is 5.65. The van der Waals surface area contributed by atoms with Crippen molar-refractivity contribution in [3.63, 3.8) is 0 Å². The van der Waals surface area contributed by atoms with Crippen molar-refractivity contribution < 1.29 is 9.90 Å². The molecule has 100 valence electrons. The molecule has 19 heavy (non-hydrogen) atoms. The highest BCUT2D eigenvalue weighted by atomic mass is 16.4. The Morgan fingerprint density at radius 3 is 2.53 bits per heavy atom. The second kappa shape index (κ2) is 5.31. The number of carbonyl (C=O) groups is 1. The molecule has 0 saturated heterocycles. The Balaban J connectivity index is 2.07. The van der Waals surface area contributed by atoms with Crippen molar-refractivity contribution >= 4 is 22.4 Å². The zero-order valence-corrected chi connectivity index (χ0v) is 11.3. The maximum Gasteiger partial charge on any atom is 0.303 e. The molecule has 2 rings (SSSR count). The third-order valence-corrected chi connectivity index (χ3v) is 3.15. The number of hydrogen-bond acceptors (Lipinski definition) is 2. The minimum Gasteiger partial charge on any atom is -0.481 e. The predicted molar refractivity (Wildman–Crippen MR) is 78.5 cm³/mol. The molecule has 0 fully saturated rings. The average Bonchev–Trinajstić information content (AvgIpc) is 2.35. The SMILES string of the molecule is CC(C)(CNc1ccc2ccccc2c1)CC(=O)O. The molecule has 0 aliphatic carbocycles. The van der Waals surface area contributed by atoms with Crippen molar-refractivity contribution in [3.05, 3.63) is 42.5 Å². The minimum absolute atomic E-state index is 0.160. The summed E-state index contributed by atoms with van der Waals surface area (Å²) in [6.45, 7) is 4.54. The largest absolute Gasteiger partial charge is 0.481 e. The molecular weight excluding hydrogens is 238 g/mol. The second-order valence-electron chi connectivity index (χ2n) is 5.65. The van der Waals surface area contributed by atoms with Gasteiger partial charge in [-0.15, -0.1) is 0 Å². The van der Waals surface area contributed by atoms with Crippen LogP contribution in [0, 0.1) is 5.41 Å². The van der Waals surface area contributed by atoms with Crippen LogP contribution in [-0.4, -0.2) is 17.6 Å². The van der Waals surface area contributed by atoms with Gasteiger partial charge in [0.1, 0.15) is 0 Å². The van der Waals surface area contributed by atoms with Gasteiger partial charge in [0.15, 0.2) is 0 Å². The Labute approximate surface area is 113 Å². The van der Waals surface area contributed by atoms with Crippen molar-refractivity contribution in [2.24, 2.45) is 5.41 Å². The summed E-state index contributed by atoms with van der Waals surface area (Å²) in [5, 5.41) is 14.6. The van der Waals surface area contributed by atoms with Crippen molar-refractivity contribution in [1.82, 2.24) is 0 Å². The third kappa shape index (κ3) is 3.71. The number of rotatable bonds is 5. The standard InChI is InChI=1S/C16H19NO2/c1-16(2,10-15(18)19)11-17-14-8-7-12-5-3-4-6-13(12)9-14/h3-9,17H,10-11H2,1-2H3,(H,18,19). The number of carboxylic acid groups (broad SMARTS) is 1. The van der Waals surface area contributed by atoms with E-state index < -0.39 is 5.97 Å². The molecule has 0 spiro atoms. The van der Waals surface area contributed by atoms with E-state index in [1.807, 2.05) is 32.0 Å². The van der Waals surface area contributed by atoms with Crippen LogP contribution in [0.25, 0.3) is 10.8 Å². The van der Waals surface area contributed by atoms with E-state index in [0.29, 0.717) is 6.54 Å². The fourth-order valence-electron chi connectivity index (χ4n) is 2.11. The van der Waals surface area contributed by atoms with Gasteiger partial charge in [0.2, 0.25) is 0 Å². The first-order valence-corrected chi connectivity index (χ1v) is 6.41. The average molecular weight is 257 g/mol. The van der Waals surface area contributed by atoms with Crippen LogP contribution >= 0.6 is 0 Å². The molecule has 0 aliphatic heterocycles. The number of anilines is 1. The van der Waals surface area contributed by atoms with Gasteiger partial charge in [-0.05, 0) is 28.3 Å². The molecule has 2 aromatic carbocycles. The molecule has 0 aliphatic rings. The summed E-state index contributed by atoms with van der Waals surface area (Å²) in [5.41, 5.74) is 0.759.